The van der Waals surface area contributed by atoms with Gasteiger partial charge in [0.15, 0.2) is 0 Å². The summed E-state index contributed by atoms with van der Waals surface area (Å²) in [5, 5.41) is 3.38. The van der Waals surface area contributed by atoms with Crippen LogP contribution in [-0.4, -0.2) is 30.5 Å². The van der Waals surface area contributed by atoms with E-state index in [4.69, 9.17) is 4.74 Å². The van der Waals surface area contributed by atoms with E-state index in [2.05, 4.69) is 12.2 Å². The minimum Gasteiger partial charge on any atom is -0.496 e. The first-order valence-electron chi connectivity index (χ1n) is 7.88. The Morgan fingerprint density at radius 2 is 2.00 bits per heavy atom. The van der Waals surface area contributed by atoms with Crippen LogP contribution >= 0.6 is 0 Å². The van der Waals surface area contributed by atoms with Crippen LogP contribution in [0.3, 0.4) is 0 Å². The summed E-state index contributed by atoms with van der Waals surface area (Å²) in [6, 6.07) is 7.78. The van der Waals surface area contributed by atoms with E-state index < -0.39 is 0 Å². The molecule has 0 aromatic heterocycles. The van der Waals surface area contributed by atoms with Gasteiger partial charge in [0.05, 0.1) is 13.2 Å². The molecule has 1 N–H and O–H groups in total. The number of carbonyl (C=O) groups excluding carboxylic acids is 1. The summed E-state index contributed by atoms with van der Waals surface area (Å²) in [4.78, 5) is 14.3. The fourth-order valence-electron chi connectivity index (χ4n) is 2.87. The maximum Gasteiger partial charge on any atom is 0.241 e. The molecule has 116 valence electrons. The molecule has 0 bridgehead atoms. The number of nitrogens with one attached hydrogen (secondary N) is 1. The Morgan fingerprint density at radius 1 is 1.24 bits per heavy atom. The number of para-hydroxylation sites is 1. The molecule has 0 spiro atoms. The van der Waals surface area contributed by atoms with Crippen LogP contribution in [0, 0.1) is 0 Å². The third-order valence-corrected chi connectivity index (χ3v) is 4.06. The van der Waals surface area contributed by atoms with Crippen LogP contribution in [0.25, 0.3) is 0 Å². The topological polar surface area (TPSA) is 41.6 Å². The van der Waals surface area contributed by atoms with Gasteiger partial charge in [0, 0.05) is 12.1 Å². The van der Waals surface area contributed by atoms with Gasteiger partial charge >= 0.3 is 0 Å². The van der Waals surface area contributed by atoms with Gasteiger partial charge in [-0.2, -0.15) is 0 Å². The largest absolute Gasteiger partial charge is 0.496 e. The molecular formula is C17H26N2O2. The van der Waals surface area contributed by atoms with E-state index in [0.29, 0.717) is 0 Å². The van der Waals surface area contributed by atoms with Gasteiger partial charge in [0.1, 0.15) is 11.9 Å². The summed E-state index contributed by atoms with van der Waals surface area (Å²) in [7, 11) is 1.67. The molecule has 1 aliphatic heterocycles. The zero-order valence-corrected chi connectivity index (χ0v) is 13.3. The van der Waals surface area contributed by atoms with Gasteiger partial charge in [0.2, 0.25) is 5.91 Å². The molecule has 4 nitrogen and oxygen atoms in total. The second-order valence-corrected chi connectivity index (χ2v) is 5.63. The summed E-state index contributed by atoms with van der Waals surface area (Å²) in [5.41, 5.74) is 1.04. The van der Waals surface area contributed by atoms with Gasteiger partial charge in [0.25, 0.3) is 0 Å². The standard InChI is InChI=1S/C17H26N2O2/c1-4-5-6-9-12-19-16(18-13(2)17(19)20)14-10-7-8-11-15(14)21-3/h7-8,10-11,13,16,18H,4-6,9,12H2,1-3H3. The highest BCUT2D eigenvalue weighted by atomic mass is 16.5. The van der Waals surface area contributed by atoms with Crippen molar-refractivity contribution in [2.24, 2.45) is 0 Å². The van der Waals surface area contributed by atoms with Gasteiger partial charge in [-0.25, -0.2) is 0 Å². The number of hydrogen-bond donors (Lipinski definition) is 1. The molecule has 4 heteroatoms. The van der Waals surface area contributed by atoms with Crippen LogP contribution in [0.1, 0.15) is 51.3 Å². The zero-order valence-electron chi connectivity index (χ0n) is 13.3. The second-order valence-electron chi connectivity index (χ2n) is 5.63. The van der Waals surface area contributed by atoms with E-state index in [1.54, 1.807) is 7.11 Å². The second kappa shape index (κ2) is 7.46. The van der Waals surface area contributed by atoms with E-state index in [1.807, 2.05) is 36.1 Å². The first-order chi connectivity index (χ1) is 10.2. The lowest BCUT2D eigenvalue weighted by molar-refractivity contribution is -0.129. The Balaban J connectivity index is 2.13. The van der Waals surface area contributed by atoms with Crippen LogP contribution in [0.4, 0.5) is 0 Å². The number of methoxy groups -OCH3 is 1. The van der Waals surface area contributed by atoms with Crippen molar-refractivity contribution in [3.63, 3.8) is 0 Å². The molecule has 1 aromatic rings. The molecule has 1 fully saturated rings. The van der Waals surface area contributed by atoms with Crippen LogP contribution < -0.4 is 10.1 Å². The van der Waals surface area contributed by atoms with Crippen LogP contribution in [-0.2, 0) is 4.79 Å². The third-order valence-electron chi connectivity index (χ3n) is 4.06. The van der Waals surface area contributed by atoms with Crippen LogP contribution in [0.5, 0.6) is 5.75 Å². The smallest absolute Gasteiger partial charge is 0.241 e. The van der Waals surface area contributed by atoms with Crippen molar-refractivity contribution in [3.05, 3.63) is 29.8 Å². The van der Waals surface area contributed by atoms with Crippen molar-refractivity contribution in [2.45, 2.75) is 51.7 Å². The van der Waals surface area contributed by atoms with Crippen molar-refractivity contribution in [2.75, 3.05) is 13.7 Å². The van der Waals surface area contributed by atoms with E-state index in [-0.39, 0.29) is 18.1 Å². The van der Waals surface area contributed by atoms with Crippen molar-refractivity contribution in [3.8, 4) is 5.75 Å². The Kier molecular flexibility index (Phi) is 5.62. The monoisotopic (exact) mass is 290 g/mol. The first-order valence-corrected chi connectivity index (χ1v) is 7.88. The van der Waals surface area contributed by atoms with Gasteiger partial charge in [-0.15, -0.1) is 0 Å². The van der Waals surface area contributed by atoms with E-state index >= 15 is 0 Å². The quantitative estimate of drug-likeness (QED) is 0.785. The minimum atomic E-state index is -0.133. The summed E-state index contributed by atoms with van der Waals surface area (Å²) >= 11 is 0. The SMILES string of the molecule is CCCCCCN1C(=O)C(C)NC1c1ccccc1OC. The molecule has 0 saturated carbocycles. The van der Waals surface area contributed by atoms with Crippen molar-refractivity contribution >= 4 is 5.91 Å². The Hall–Kier alpha value is -1.55. The minimum absolute atomic E-state index is 0.0784. The highest BCUT2D eigenvalue weighted by molar-refractivity contribution is 5.84. The number of unbranched alkanes of at least 4 members (excludes halogenated alkanes) is 3. The number of hydrogen-bond acceptors (Lipinski definition) is 3. The average molecular weight is 290 g/mol. The fraction of sp³-hybridized carbons (Fsp3) is 0.588. The summed E-state index contributed by atoms with van der Waals surface area (Å²) < 4.78 is 5.44. The van der Waals surface area contributed by atoms with Crippen LogP contribution in [0.2, 0.25) is 0 Å². The molecule has 21 heavy (non-hydrogen) atoms. The molecule has 2 rings (SSSR count). The molecule has 1 heterocycles. The predicted molar refractivity (Wildman–Crippen MR) is 84.2 cm³/mol. The molecule has 2 atom stereocenters. The normalized spacial score (nSPS) is 21.9. The lowest BCUT2D eigenvalue weighted by Gasteiger charge is -2.25. The molecule has 0 radical (unpaired) electrons. The molecule has 1 aliphatic rings. The van der Waals surface area contributed by atoms with Crippen molar-refractivity contribution in [1.82, 2.24) is 10.2 Å². The van der Waals surface area contributed by atoms with Gasteiger partial charge in [-0.05, 0) is 19.4 Å². The number of carbonyl (C=O) groups is 1. The van der Waals surface area contributed by atoms with E-state index in [9.17, 15) is 4.79 Å². The summed E-state index contributed by atoms with van der Waals surface area (Å²) in [6.45, 7) is 4.93. The maximum atomic E-state index is 12.4. The van der Waals surface area contributed by atoms with Crippen molar-refractivity contribution < 1.29 is 9.53 Å². The number of nitrogens with zero attached hydrogens (tertiary/aromatic N) is 1. The molecule has 0 aliphatic carbocycles. The number of amides is 1. The Bertz CT molecular complexity index is 476. The molecular weight excluding hydrogens is 264 g/mol. The third kappa shape index (κ3) is 3.56. The lowest BCUT2D eigenvalue weighted by atomic mass is 10.1. The highest BCUT2D eigenvalue weighted by Gasteiger charge is 2.37. The van der Waals surface area contributed by atoms with Gasteiger partial charge in [-0.1, -0.05) is 44.4 Å². The van der Waals surface area contributed by atoms with Crippen LogP contribution in [0.15, 0.2) is 24.3 Å². The highest BCUT2D eigenvalue weighted by Crippen LogP contribution is 2.31. The Labute approximate surface area is 127 Å². The van der Waals surface area contributed by atoms with E-state index in [0.717, 1.165) is 24.3 Å². The summed E-state index contributed by atoms with van der Waals surface area (Å²) in [5.74, 6) is 1.01. The lowest BCUT2D eigenvalue weighted by Crippen LogP contribution is -2.31. The van der Waals surface area contributed by atoms with Crippen molar-refractivity contribution in [1.29, 1.82) is 0 Å². The number of benzene rings is 1. The van der Waals surface area contributed by atoms with Gasteiger partial charge < -0.3 is 9.64 Å². The molecule has 1 saturated heterocycles. The number of ether oxygens (including phenoxy) is 1. The number of rotatable bonds is 7. The molecule has 1 aromatic carbocycles. The average Bonchev–Trinajstić information content (AvgIpc) is 2.79. The molecule has 1 amide bonds. The zero-order chi connectivity index (χ0) is 15.2. The molecule has 2 unspecified atom stereocenters. The van der Waals surface area contributed by atoms with E-state index in [1.165, 1.54) is 19.3 Å². The maximum absolute atomic E-state index is 12.4. The summed E-state index contributed by atoms with van der Waals surface area (Å²) in [6.07, 6.45) is 4.58. The Morgan fingerprint density at radius 3 is 2.71 bits per heavy atom. The fourth-order valence-corrected chi connectivity index (χ4v) is 2.87. The van der Waals surface area contributed by atoms with Gasteiger partial charge in [-0.3, -0.25) is 10.1 Å². The first kappa shape index (κ1) is 15.8. The predicted octanol–water partition coefficient (Wildman–Crippen LogP) is 3.09.